The quantitative estimate of drug-likeness (QED) is 0.798. The third-order valence-electron chi connectivity index (χ3n) is 3.21. The van der Waals surface area contributed by atoms with Gasteiger partial charge in [-0.1, -0.05) is 0 Å². The molecule has 5 nitrogen and oxygen atoms in total. The van der Waals surface area contributed by atoms with Gasteiger partial charge in [0.1, 0.15) is 11.6 Å². The molecule has 5 heteroatoms. The highest BCUT2D eigenvalue weighted by molar-refractivity contribution is 5.52. The molecule has 3 heterocycles. The van der Waals surface area contributed by atoms with E-state index in [0.717, 1.165) is 42.5 Å². The summed E-state index contributed by atoms with van der Waals surface area (Å²) in [6.07, 6.45) is 5.60. The van der Waals surface area contributed by atoms with Gasteiger partial charge in [-0.15, -0.1) is 0 Å². The second-order valence-electron chi connectivity index (χ2n) is 4.36. The second-order valence-corrected chi connectivity index (χ2v) is 4.36. The Kier molecular flexibility index (Phi) is 2.24. The molecule has 2 N–H and O–H groups in total. The SMILES string of the molecule is Cc1cc(N2CCn3ccnc3C2)ncc1N. The van der Waals surface area contributed by atoms with Crippen molar-refractivity contribution in [2.75, 3.05) is 17.2 Å². The summed E-state index contributed by atoms with van der Waals surface area (Å²) >= 11 is 0. The van der Waals surface area contributed by atoms with E-state index in [0.29, 0.717) is 0 Å². The van der Waals surface area contributed by atoms with Crippen LogP contribution in [0.2, 0.25) is 0 Å². The monoisotopic (exact) mass is 229 g/mol. The van der Waals surface area contributed by atoms with Gasteiger partial charge in [0.25, 0.3) is 0 Å². The molecule has 1 aliphatic rings. The lowest BCUT2D eigenvalue weighted by Gasteiger charge is -2.28. The first-order chi connectivity index (χ1) is 8.24. The van der Waals surface area contributed by atoms with E-state index in [2.05, 4.69) is 19.4 Å². The molecule has 0 unspecified atom stereocenters. The molecule has 0 aliphatic carbocycles. The van der Waals surface area contributed by atoms with Crippen LogP contribution in [0.25, 0.3) is 0 Å². The summed E-state index contributed by atoms with van der Waals surface area (Å²) in [5.41, 5.74) is 7.60. The number of nitrogen functional groups attached to an aromatic ring is 1. The number of hydrogen-bond acceptors (Lipinski definition) is 4. The highest BCUT2D eigenvalue weighted by atomic mass is 15.3. The van der Waals surface area contributed by atoms with E-state index in [1.165, 1.54) is 0 Å². The minimum absolute atomic E-state index is 0.743. The molecule has 2 aromatic heterocycles. The van der Waals surface area contributed by atoms with Crippen LogP contribution in [0.4, 0.5) is 11.5 Å². The molecule has 0 atom stereocenters. The molecule has 0 amide bonds. The van der Waals surface area contributed by atoms with Gasteiger partial charge in [0.15, 0.2) is 0 Å². The van der Waals surface area contributed by atoms with Crippen molar-refractivity contribution in [1.29, 1.82) is 0 Å². The Bertz CT molecular complexity index is 546. The summed E-state index contributed by atoms with van der Waals surface area (Å²) in [5, 5.41) is 0. The van der Waals surface area contributed by atoms with Gasteiger partial charge in [0.05, 0.1) is 18.4 Å². The van der Waals surface area contributed by atoms with E-state index in [-0.39, 0.29) is 0 Å². The zero-order valence-corrected chi connectivity index (χ0v) is 9.80. The predicted octanol–water partition coefficient (Wildman–Crippen LogP) is 1.19. The van der Waals surface area contributed by atoms with Gasteiger partial charge in [0, 0.05) is 25.5 Å². The van der Waals surface area contributed by atoms with Crippen LogP contribution in [0.1, 0.15) is 11.4 Å². The van der Waals surface area contributed by atoms with E-state index in [1.807, 2.05) is 25.4 Å². The molecule has 0 radical (unpaired) electrons. The molecule has 2 aromatic rings. The van der Waals surface area contributed by atoms with Gasteiger partial charge in [-0.05, 0) is 18.6 Å². The molecule has 88 valence electrons. The molecular weight excluding hydrogens is 214 g/mol. The molecule has 0 fully saturated rings. The zero-order valence-electron chi connectivity index (χ0n) is 9.80. The summed E-state index contributed by atoms with van der Waals surface area (Å²) in [5.74, 6) is 2.07. The Hall–Kier alpha value is -2.04. The first-order valence-electron chi connectivity index (χ1n) is 5.71. The highest BCUT2D eigenvalue weighted by Gasteiger charge is 2.17. The van der Waals surface area contributed by atoms with E-state index in [4.69, 9.17) is 5.73 Å². The standard InChI is InChI=1S/C12H15N5/c1-9-6-11(15-7-10(9)13)17-5-4-16-3-2-14-12(16)8-17/h2-3,6-7H,4-5,8,13H2,1H3. The maximum absolute atomic E-state index is 5.78. The number of imidazole rings is 1. The highest BCUT2D eigenvalue weighted by Crippen LogP contribution is 2.21. The lowest BCUT2D eigenvalue weighted by atomic mass is 10.2. The number of anilines is 2. The van der Waals surface area contributed by atoms with Crippen LogP contribution < -0.4 is 10.6 Å². The van der Waals surface area contributed by atoms with Crippen LogP contribution in [0, 0.1) is 6.92 Å². The summed E-state index contributed by atoms with van der Waals surface area (Å²) in [4.78, 5) is 11.0. The van der Waals surface area contributed by atoms with Crippen molar-refractivity contribution in [2.24, 2.45) is 0 Å². The summed E-state index contributed by atoms with van der Waals surface area (Å²) in [7, 11) is 0. The first kappa shape index (κ1) is 10.1. The Morgan fingerprint density at radius 3 is 3.00 bits per heavy atom. The van der Waals surface area contributed by atoms with Crippen molar-refractivity contribution >= 4 is 11.5 Å². The van der Waals surface area contributed by atoms with Crippen LogP contribution in [0.5, 0.6) is 0 Å². The second kappa shape index (κ2) is 3.76. The molecule has 0 spiro atoms. The van der Waals surface area contributed by atoms with Gasteiger partial charge in [-0.25, -0.2) is 9.97 Å². The van der Waals surface area contributed by atoms with Gasteiger partial charge < -0.3 is 15.2 Å². The number of hydrogen-bond donors (Lipinski definition) is 1. The largest absolute Gasteiger partial charge is 0.397 e. The Morgan fingerprint density at radius 2 is 2.18 bits per heavy atom. The molecule has 0 saturated carbocycles. The molecular formula is C12H15N5. The van der Waals surface area contributed by atoms with Crippen LogP contribution in [-0.4, -0.2) is 21.1 Å². The molecule has 3 rings (SSSR count). The van der Waals surface area contributed by atoms with Gasteiger partial charge in [0.2, 0.25) is 0 Å². The van der Waals surface area contributed by atoms with Gasteiger partial charge in [-0.3, -0.25) is 0 Å². The fourth-order valence-electron chi connectivity index (χ4n) is 2.09. The number of pyridine rings is 1. The van der Waals surface area contributed by atoms with E-state index in [1.54, 1.807) is 6.20 Å². The molecule has 17 heavy (non-hydrogen) atoms. The Morgan fingerprint density at radius 1 is 1.29 bits per heavy atom. The molecule has 0 aromatic carbocycles. The van der Waals surface area contributed by atoms with Crippen molar-refractivity contribution in [3.63, 3.8) is 0 Å². The normalized spacial score (nSPS) is 14.8. The van der Waals surface area contributed by atoms with Crippen LogP contribution in [-0.2, 0) is 13.1 Å². The molecule has 0 bridgehead atoms. The number of nitrogens with two attached hydrogens (primary N) is 1. The maximum Gasteiger partial charge on any atom is 0.129 e. The van der Waals surface area contributed by atoms with Crippen molar-refractivity contribution < 1.29 is 0 Å². The number of nitrogens with zero attached hydrogens (tertiary/aromatic N) is 4. The average Bonchev–Trinajstić information content (AvgIpc) is 2.79. The minimum atomic E-state index is 0.743. The minimum Gasteiger partial charge on any atom is -0.397 e. The van der Waals surface area contributed by atoms with Crippen molar-refractivity contribution in [3.8, 4) is 0 Å². The number of aryl methyl sites for hydroxylation is 1. The van der Waals surface area contributed by atoms with Crippen LogP contribution in [0.3, 0.4) is 0 Å². The Labute approximate surface area is 99.9 Å². The van der Waals surface area contributed by atoms with Gasteiger partial charge in [-0.2, -0.15) is 0 Å². The molecule has 1 aliphatic heterocycles. The number of aromatic nitrogens is 3. The van der Waals surface area contributed by atoms with Crippen molar-refractivity contribution in [2.45, 2.75) is 20.0 Å². The fraction of sp³-hybridized carbons (Fsp3) is 0.333. The summed E-state index contributed by atoms with van der Waals surface area (Å²) < 4.78 is 2.18. The van der Waals surface area contributed by atoms with Crippen molar-refractivity contribution in [3.05, 3.63) is 36.0 Å². The third-order valence-corrected chi connectivity index (χ3v) is 3.21. The zero-order chi connectivity index (χ0) is 11.8. The Balaban J connectivity index is 1.89. The topological polar surface area (TPSA) is 60.0 Å². The fourth-order valence-corrected chi connectivity index (χ4v) is 2.09. The van der Waals surface area contributed by atoms with Crippen LogP contribution in [0.15, 0.2) is 24.7 Å². The number of fused-ring (bicyclic) bond motifs is 1. The predicted molar refractivity (Wildman–Crippen MR) is 66.7 cm³/mol. The first-order valence-corrected chi connectivity index (χ1v) is 5.71. The average molecular weight is 229 g/mol. The molecule has 0 saturated heterocycles. The lowest BCUT2D eigenvalue weighted by Crippen LogP contribution is -2.34. The third kappa shape index (κ3) is 1.73. The lowest BCUT2D eigenvalue weighted by molar-refractivity contribution is 0.556. The summed E-state index contributed by atoms with van der Waals surface area (Å²) in [6.45, 7) is 4.73. The van der Waals surface area contributed by atoms with E-state index < -0.39 is 0 Å². The smallest absolute Gasteiger partial charge is 0.129 e. The van der Waals surface area contributed by atoms with Crippen molar-refractivity contribution in [1.82, 2.24) is 14.5 Å². The van der Waals surface area contributed by atoms with Crippen LogP contribution >= 0.6 is 0 Å². The van der Waals surface area contributed by atoms with E-state index >= 15 is 0 Å². The maximum atomic E-state index is 5.78. The van der Waals surface area contributed by atoms with E-state index in [9.17, 15) is 0 Å². The number of rotatable bonds is 1. The van der Waals surface area contributed by atoms with Gasteiger partial charge >= 0.3 is 0 Å². The summed E-state index contributed by atoms with van der Waals surface area (Å²) in [6, 6.07) is 2.04.